The molecule has 0 saturated carbocycles. The topological polar surface area (TPSA) is 87.7 Å². The molecule has 1 aromatic carbocycles. The van der Waals surface area contributed by atoms with E-state index in [-0.39, 0.29) is 12.5 Å². The van der Waals surface area contributed by atoms with Gasteiger partial charge in [-0.3, -0.25) is 14.9 Å². The summed E-state index contributed by atoms with van der Waals surface area (Å²) < 4.78 is 5.10. The number of aliphatic carboxylic acids is 1. The highest BCUT2D eigenvalue weighted by molar-refractivity contribution is 5.79. The third-order valence-electron chi connectivity index (χ3n) is 3.01. The van der Waals surface area contributed by atoms with Crippen LogP contribution in [0.3, 0.4) is 0 Å². The van der Waals surface area contributed by atoms with Gasteiger partial charge in [0.25, 0.3) is 0 Å². The largest absolute Gasteiger partial charge is 0.497 e. The lowest BCUT2D eigenvalue weighted by molar-refractivity contribution is -0.139. The molecule has 0 fully saturated rings. The second kappa shape index (κ2) is 8.97. The van der Waals surface area contributed by atoms with Gasteiger partial charge in [-0.2, -0.15) is 0 Å². The number of hydrogen-bond donors (Lipinski definition) is 3. The summed E-state index contributed by atoms with van der Waals surface area (Å²) in [5.74, 6) is -0.439. The second-order valence-electron chi connectivity index (χ2n) is 4.69. The van der Waals surface area contributed by atoms with Gasteiger partial charge in [0.1, 0.15) is 11.8 Å². The number of carbonyl (C=O) groups is 2. The number of carboxylic acids is 1. The molecule has 6 nitrogen and oxygen atoms in total. The van der Waals surface area contributed by atoms with Gasteiger partial charge in [0.2, 0.25) is 5.91 Å². The van der Waals surface area contributed by atoms with Crippen LogP contribution in [0.15, 0.2) is 24.3 Å². The summed E-state index contributed by atoms with van der Waals surface area (Å²) in [6.07, 6.45) is 1.24. The quantitative estimate of drug-likeness (QED) is 0.636. The van der Waals surface area contributed by atoms with E-state index in [1.54, 1.807) is 7.11 Å². The van der Waals surface area contributed by atoms with Crippen molar-refractivity contribution in [1.82, 2.24) is 10.6 Å². The van der Waals surface area contributed by atoms with Gasteiger partial charge in [-0.15, -0.1) is 0 Å². The molecule has 0 saturated heterocycles. The summed E-state index contributed by atoms with van der Waals surface area (Å²) >= 11 is 0. The molecular weight excluding hydrogens is 272 g/mol. The molecule has 6 heteroatoms. The second-order valence-corrected chi connectivity index (χ2v) is 4.69. The number of hydrogen-bond acceptors (Lipinski definition) is 4. The van der Waals surface area contributed by atoms with Gasteiger partial charge in [-0.1, -0.05) is 25.5 Å². The highest BCUT2D eigenvalue weighted by Crippen LogP contribution is 2.11. The Kier molecular flexibility index (Phi) is 7.25. The minimum Gasteiger partial charge on any atom is -0.497 e. The summed E-state index contributed by atoms with van der Waals surface area (Å²) in [7, 11) is 1.58. The predicted molar refractivity (Wildman–Crippen MR) is 79.2 cm³/mol. The first-order chi connectivity index (χ1) is 10.1. The van der Waals surface area contributed by atoms with Gasteiger partial charge in [0.05, 0.1) is 13.7 Å². The number of carbonyl (C=O) groups excluding carboxylic acids is 1. The van der Waals surface area contributed by atoms with Crippen molar-refractivity contribution in [2.24, 2.45) is 0 Å². The van der Waals surface area contributed by atoms with Gasteiger partial charge < -0.3 is 15.2 Å². The molecule has 0 aliphatic rings. The first kappa shape index (κ1) is 17.0. The molecule has 0 aliphatic carbocycles. The highest BCUT2D eigenvalue weighted by Gasteiger charge is 2.16. The predicted octanol–water partition coefficient (Wildman–Crippen LogP) is 1.15. The van der Waals surface area contributed by atoms with Crippen LogP contribution in [0.4, 0.5) is 0 Å². The van der Waals surface area contributed by atoms with Gasteiger partial charge in [-0.05, 0) is 24.1 Å². The van der Waals surface area contributed by atoms with Crippen molar-refractivity contribution in [3.63, 3.8) is 0 Å². The Labute approximate surface area is 124 Å². The van der Waals surface area contributed by atoms with Crippen LogP contribution in [0.1, 0.15) is 25.3 Å². The molecular formula is C15H22N2O4. The lowest BCUT2D eigenvalue weighted by atomic mass is 10.1. The maximum atomic E-state index is 11.7. The van der Waals surface area contributed by atoms with Crippen LogP contribution >= 0.6 is 0 Å². The van der Waals surface area contributed by atoms with Crippen LogP contribution in [0.25, 0.3) is 0 Å². The van der Waals surface area contributed by atoms with E-state index < -0.39 is 12.0 Å². The Bertz CT molecular complexity index is 476. The molecule has 3 N–H and O–H groups in total. The Morgan fingerprint density at radius 2 is 2.14 bits per heavy atom. The van der Waals surface area contributed by atoms with Crippen molar-refractivity contribution >= 4 is 11.9 Å². The average Bonchev–Trinajstić information content (AvgIpc) is 2.49. The van der Waals surface area contributed by atoms with Gasteiger partial charge in [0.15, 0.2) is 0 Å². The lowest BCUT2D eigenvalue weighted by Gasteiger charge is -2.13. The number of amides is 1. The van der Waals surface area contributed by atoms with E-state index in [1.807, 2.05) is 31.2 Å². The van der Waals surface area contributed by atoms with E-state index in [1.165, 1.54) is 0 Å². The van der Waals surface area contributed by atoms with Crippen molar-refractivity contribution in [2.75, 3.05) is 13.7 Å². The molecule has 0 spiro atoms. The Hall–Kier alpha value is -2.08. The third kappa shape index (κ3) is 6.27. The number of rotatable bonds is 9. The number of methoxy groups -OCH3 is 1. The number of benzene rings is 1. The van der Waals surface area contributed by atoms with E-state index in [9.17, 15) is 9.59 Å². The summed E-state index contributed by atoms with van der Waals surface area (Å²) in [5.41, 5.74) is 0.922. The summed E-state index contributed by atoms with van der Waals surface area (Å²) in [6, 6.07) is 6.71. The van der Waals surface area contributed by atoms with E-state index in [4.69, 9.17) is 9.84 Å². The maximum Gasteiger partial charge on any atom is 0.320 e. The van der Waals surface area contributed by atoms with Crippen LogP contribution in [0, 0.1) is 0 Å². The van der Waals surface area contributed by atoms with Gasteiger partial charge >= 0.3 is 5.97 Å². The van der Waals surface area contributed by atoms with Crippen molar-refractivity contribution in [3.05, 3.63) is 29.8 Å². The minimum absolute atomic E-state index is 0.0130. The fourth-order valence-electron chi connectivity index (χ4n) is 1.86. The standard InChI is InChI=1S/C15H22N2O4/c1-3-5-13(15(19)20)16-10-14(18)17-9-11-6-4-7-12(8-11)21-2/h4,6-8,13,16H,3,5,9-10H2,1-2H3,(H,17,18)(H,19,20). The number of carboxylic acid groups (broad SMARTS) is 1. The van der Waals surface area contributed by atoms with E-state index in [0.29, 0.717) is 13.0 Å². The van der Waals surface area contributed by atoms with Crippen molar-refractivity contribution in [3.8, 4) is 5.75 Å². The molecule has 1 atom stereocenters. The Balaban J connectivity index is 2.38. The molecule has 21 heavy (non-hydrogen) atoms. The lowest BCUT2D eigenvalue weighted by Crippen LogP contribution is -2.42. The zero-order valence-corrected chi connectivity index (χ0v) is 12.4. The van der Waals surface area contributed by atoms with E-state index in [2.05, 4.69) is 10.6 Å². The number of ether oxygens (including phenoxy) is 1. The maximum absolute atomic E-state index is 11.7. The molecule has 1 aromatic rings. The van der Waals surface area contributed by atoms with Crippen LogP contribution in [0.2, 0.25) is 0 Å². The molecule has 1 unspecified atom stereocenters. The Morgan fingerprint density at radius 3 is 2.76 bits per heavy atom. The minimum atomic E-state index is -0.933. The zero-order valence-electron chi connectivity index (χ0n) is 12.4. The smallest absolute Gasteiger partial charge is 0.320 e. The van der Waals surface area contributed by atoms with E-state index >= 15 is 0 Å². The molecule has 0 radical (unpaired) electrons. The molecule has 0 aromatic heterocycles. The molecule has 116 valence electrons. The molecule has 1 amide bonds. The summed E-state index contributed by atoms with van der Waals surface area (Å²) in [4.78, 5) is 22.6. The fourth-order valence-corrected chi connectivity index (χ4v) is 1.86. The summed E-state index contributed by atoms with van der Waals surface area (Å²) in [5, 5.41) is 14.5. The van der Waals surface area contributed by atoms with Crippen molar-refractivity contribution in [1.29, 1.82) is 0 Å². The monoisotopic (exact) mass is 294 g/mol. The molecule has 0 heterocycles. The zero-order chi connectivity index (χ0) is 15.7. The SMILES string of the molecule is CCCC(NCC(=O)NCc1cccc(OC)c1)C(=O)O. The third-order valence-corrected chi connectivity index (χ3v) is 3.01. The van der Waals surface area contributed by atoms with Crippen LogP contribution in [-0.4, -0.2) is 36.7 Å². The van der Waals surface area contributed by atoms with Crippen molar-refractivity contribution in [2.45, 2.75) is 32.4 Å². The molecule has 0 bridgehead atoms. The van der Waals surface area contributed by atoms with E-state index in [0.717, 1.165) is 17.7 Å². The van der Waals surface area contributed by atoms with Crippen LogP contribution < -0.4 is 15.4 Å². The van der Waals surface area contributed by atoms with Crippen molar-refractivity contribution < 1.29 is 19.4 Å². The summed E-state index contributed by atoms with van der Waals surface area (Å²) in [6.45, 7) is 2.27. The highest BCUT2D eigenvalue weighted by atomic mass is 16.5. The first-order valence-electron chi connectivity index (χ1n) is 6.92. The normalized spacial score (nSPS) is 11.7. The molecule has 1 rings (SSSR count). The Morgan fingerprint density at radius 1 is 1.38 bits per heavy atom. The average molecular weight is 294 g/mol. The van der Waals surface area contributed by atoms with Gasteiger partial charge in [0, 0.05) is 6.54 Å². The first-order valence-corrected chi connectivity index (χ1v) is 6.92. The van der Waals surface area contributed by atoms with Crippen LogP contribution in [0.5, 0.6) is 5.75 Å². The van der Waals surface area contributed by atoms with Gasteiger partial charge in [-0.25, -0.2) is 0 Å². The number of nitrogens with one attached hydrogen (secondary N) is 2. The fraction of sp³-hybridized carbons (Fsp3) is 0.467. The van der Waals surface area contributed by atoms with Crippen LogP contribution in [-0.2, 0) is 16.1 Å². The molecule has 0 aliphatic heterocycles.